The highest BCUT2D eigenvalue weighted by molar-refractivity contribution is 8.01. The molecule has 0 radical (unpaired) electrons. The number of carbonyl (C=O) groups is 2. The molecule has 0 aromatic rings. The maximum Gasteiger partial charge on any atom is 0.329 e. The lowest BCUT2D eigenvalue weighted by Gasteiger charge is -2.19. The lowest BCUT2D eigenvalue weighted by molar-refractivity contribution is -0.119. The standard InChI is InChI=1S/C12H22O5S/c1-3-5-6-10(4-2)9-11(7-8-13)12(14)18(15,16)17/h8,10-11H,3-7,9H2,1-2H3,(H,15,16,17). The van der Waals surface area contributed by atoms with Crippen molar-refractivity contribution in [1.82, 2.24) is 0 Å². The van der Waals surface area contributed by atoms with Crippen molar-refractivity contribution in [3.63, 3.8) is 0 Å². The minimum atomic E-state index is -4.70. The Morgan fingerprint density at radius 3 is 2.33 bits per heavy atom. The Morgan fingerprint density at radius 2 is 1.94 bits per heavy atom. The van der Waals surface area contributed by atoms with E-state index in [0.29, 0.717) is 12.7 Å². The minimum absolute atomic E-state index is 0.152. The van der Waals surface area contributed by atoms with E-state index < -0.39 is 21.2 Å². The summed E-state index contributed by atoms with van der Waals surface area (Å²) in [5.74, 6) is -0.708. The van der Waals surface area contributed by atoms with Gasteiger partial charge in [-0.2, -0.15) is 8.42 Å². The van der Waals surface area contributed by atoms with Crippen molar-refractivity contribution in [2.24, 2.45) is 11.8 Å². The highest BCUT2D eigenvalue weighted by atomic mass is 32.2. The summed E-state index contributed by atoms with van der Waals surface area (Å²) in [7, 11) is -4.70. The molecule has 1 N–H and O–H groups in total. The lowest BCUT2D eigenvalue weighted by Crippen LogP contribution is -2.26. The van der Waals surface area contributed by atoms with Crippen LogP contribution in [0.5, 0.6) is 0 Å². The molecule has 2 atom stereocenters. The predicted molar refractivity (Wildman–Crippen MR) is 68.6 cm³/mol. The molecule has 0 aliphatic rings. The van der Waals surface area contributed by atoms with Crippen molar-refractivity contribution in [3.8, 4) is 0 Å². The van der Waals surface area contributed by atoms with Gasteiger partial charge in [0.1, 0.15) is 6.29 Å². The summed E-state index contributed by atoms with van der Waals surface area (Å²) in [5.41, 5.74) is 0. The van der Waals surface area contributed by atoms with Crippen molar-refractivity contribution < 1.29 is 22.6 Å². The topological polar surface area (TPSA) is 88.5 Å². The molecule has 6 heteroatoms. The normalized spacial score (nSPS) is 15.1. The number of unbranched alkanes of at least 4 members (excludes halogenated alkanes) is 1. The molecule has 18 heavy (non-hydrogen) atoms. The van der Waals surface area contributed by atoms with Gasteiger partial charge in [0.2, 0.25) is 0 Å². The van der Waals surface area contributed by atoms with E-state index in [2.05, 4.69) is 6.92 Å². The van der Waals surface area contributed by atoms with Crippen LogP contribution < -0.4 is 0 Å². The molecule has 0 fully saturated rings. The Bertz CT molecular complexity index is 361. The fourth-order valence-corrected chi connectivity index (χ4v) is 2.61. The summed E-state index contributed by atoms with van der Waals surface area (Å²) in [4.78, 5) is 22.0. The van der Waals surface area contributed by atoms with Gasteiger partial charge < -0.3 is 4.79 Å². The van der Waals surface area contributed by atoms with Crippen LogP contribution in [0.3, 0.4) is 0 Å². The average Bonchev–Trinajstić information content (AvgIpc) is 2.31. The van der Waals surface area contributed by atoms with Crippen LogP contribution >= 0.6 is 0 Å². The van der Waals surface area contributed by atoms with E-state index >= 15 is 0 Å². The van der Waals surface area contributed by atoms with E-state index in [0.717, 1.165) is 25.7 Å². The molecule has 0 aromatic carbocycles. The van der Waals surface area contributed by atoms with E-state index in [4.69, 9.17) is 4.55 Å². The van der Waals surface area contributed by atoms with E-state index in [1.54, 1.807) is 0 Å². The van der Waals surface area contributed by atoms with Crippen LogP contribution in [0.4, 0.5) is 0 Å². The second-order valence-electron chi connectivity index (χ2n) is 4.55. The van der Waals surface area contributed by atoms with Gasteiger partial charge in [-0.05, 0) is 12.3 Å². The number of aldehydes is 1. The van der Waals surface area contributed by atoms with E-state index in [9.17, 15) is 18.0 Å². The van der Waals surface area contributed by atoms with E-state index in [1.165, 1.54) is 0 Å². The zero-order valence-electron chi connectivity index (χ0n) is 11.0. The fourth-order valence-electron chi connectivity index (χ4n) is 2.00. The summed E-state index contributed by atoms with van der Waals surface area (Å²) < 4.78 is 30.4. The highest BCUT2D eigenvalue weighted by Gasteiger charge is 2.30. The minimum Gasteiger partial charge on any atom is -0.303 e. The summed E-state index contributed by atoms with van der Waals surface area (Å²) in [6.45, 7) is 4.02. The molecule has 106 valence electrons. The third-order valence-electron chi connectivity index (χ3n) is 3.13. The first kappa shape index (κ1) is 17.2. The average molecular weight is 278 g/mol. The summed E-state index contributed by atoms with van der Waals surface area (Å²) in [6, 6.07) is 0. The van der Waals surface area contributed by atoms with Crippen LogP contribution in [0.2, 0.25) is 0 Å². The highest BCUT2D eigenvalue weighted by Crippen LogP contribution is 2.24. The summed E-state index contributed by atoms with van der Waals surface area (Å²) in [5, 5.41) is -1.23. The Kier molecular flexibility index (Phi) is 8.02. The number of rotatable bonds is 9. The molecule has 0 aliphatic carbocycles. The first-order chi connectivity index (χ1) is 8.36. The maximum absolute atomic E-state index is 11.5. The van der Waals surface area contributed by atoms with Crippen molar-refractivity contribution in [1.29, 1.82) is 0 Å². The van der Waals surface area contributed by atoms with Gasteiger partial charge in [-0.25, -0.2) is 0 Å². The first-order valence-corrected chi connectivity index (χ1v) is 7.75. The fraction of sp³-hybridized carbons (Fsp3) is 0.833. The van der Waals surface area contributed by atoms with Gasteiger partial charge in [0.15, 0.2) is 0 Å². The van der Waals surface area contributed by atoms with Crippen molar-refractivity contribution >= 4 is 21.5 Å². The molecular weight excluding hydrogens is 256 g/mol. The monoisotopic (exact) mass is 278 g/mol. The van der Waals surface area contributed by atoms with Crippen molar-refractivity contribution in [2.75, 3.05) is 0 Å². The van der Waals surface area contributed by atoms with Crippen LogP contribution in [0.1, 0.15) is 52.4 Å². The SMILES string of the molecule is CCCCC(CC)CC(CC=O)C(=O)S(=O)(=O)O. The Labute approximate surface area is 109 Å². The Hall–Kier alpha value is -0.750. The molecule has 0 bridgehead atoms. The molecule has 0 saturated heterocycles. The van der Waals surface area contributed by atoms with Gasteiger partial charge in [-0.15, -0.1) is 0 Å². The molecular formula is C12H22O5S. The molecule has 0 rings (SSSR count). The van der Waals surface area contributed by atoms with Crippen LogP contribution in [-0.2, 0) is 19.7 Å². The molecule has 0 spiro atoms. The van der Waals surface area contributed by atoms with Crippen molar-refractivity contribution in [3.05, 3.63) is 0 Å². The smallest absolute Gasteiger partial charge is 0.303 e. The van der Waals surface area contributed by atoms with Crippen LogP contribution in [0, 0.1) is 11.8 Å². The second-order valence-corrected chi connectivity index (χ2v) is 5.90. The van der Waals surface area contributed by atoms with Gasteiger partial charge in [0, 0.05) is 12.3 Å². The number of hydrogen-bond acceptors (Lipinski definition) is 4. The van der Waals surface area contributed by atoms with Gasteiger partial charge in [-0.1, -0.05) is 39.5 Å². The van der Waals surface area contributed by atoms with Crippen LogP contribution in [0.15, 0.2) is 0 Å². The largest absolute Gasteiger partial charge is 0.329 e. The molecule has 0 aliphatic heterocycles. The third kappa shape index (κ3) is 6.26. The van der Waals surface area contributed by atoms with Gasteiger partial charge in [0.25, 0.3) is 5.12 Å². The quantitative estimate of drug-likeness (QED) is 0.516. The molecule has 0 saturated carbocycles. The van der Waals surface area contributed by atoms with Gasteiger partial charge in [-0.3, -0.25) is 9.35 Å². The molecule has 0 heterocycles. The number of carbonyl (C=O) groups excluding carboxylic acids is 2. The molecule has 5 nitrogen and oxygen atoms in total. The number of hydrogen-bond donors (Lipinski definition) is 1. The predicted octanol–water partition coefficient (Wildman–Crippen LogP) is 2.21. The summed E-state index contributed by atoms with van der Waals surface area (Å²) in [6.07, 6.45) is 4.48. The Morgan fingerprint density at radius 1 is 1.33 bits per heavy atom. The van der Waals surface area contributed by atoms with Crippen LogP contribution in [0.25, 0.3) is 0 Å². The molecule has 0 aromatic heterocycles. The van der Waals surface area contributed by atoms with E-state index in [-0.39, 0.29) is 12.3 Å². The maximum atomic E-state index is 11.5. The molecule has 2 unspecified atom stereocenters. The van der Waals surface area contributed by atoms with Gasteiger partial charge in [0.05, 0.1) is 0 Å². The second kappa shape index (κ2) is 8.37. The van der Waals surface area contributed by atoms with Gasteiger partial charge >= 0.3 is 10.1 Å². The zero-order valence-corrected chi connectivity index (χ0v) is 11.8. The first-order valence-electron chi connectivity index (χ1n) is 6.31. The van der Waals surface area contributed by atoms with Crippen LogP contribution in [-0.4, -0.2) is 24.4 Å². The lowest BCUT2D eigenvalue weighted by atomic mass is 9.88. The van der Waals surface area contributed by atoms with Crippen molar-refractivity contribution in [2.45, 2.75) is 52.4 Å². The zero-order chi connectivity index (χ0) is 14.2. The third-order valence-corrected chi connectivity index (χ3v) is 3.97. The summed E-state index contributed by atoms with van der Waals surface area (Å²) >= 11 is 0. The Balaban J connectivity index is 4.69. The molecule has 0 amide bonds. The van der Waals surface area contributed by atoms with E-state index in [1.807, 2.05) is 6.92 Å².